The van der Waals surface area contributed by atoms with Crippen molar-refractivity contribution < 1.29 is 4.42 Å². The van der Waals surface area contributed by atoms with Gasteiger partial charge in [-0.3, -0.25) is 4.90 Å². The van der Waals surface area contributed by atoms with Crippen LogP contribution in [0.4, 0.5) is 0 Å². The first kappa shape index (κ1) is 12.7. The zero-order valence-electron chi connectivity index (χ0n) is 11.0. The molecular weight excluding hydrogens is 212 g/mol. The van der Waals surface area contributed by atoms with E-state index >= 15 is 0 Å². The summed E-state index contributed by atoms with van der Waals surface area (Å²) in [5.41, 5.74) is 0. The lowest BCUT2D eigenvalue weighted by Gasteiger charge is -2.34. The normalized spacial score (nSPS) is 16.4. The smallest absolute Gasteiger partial charge is 0.118 e. The van der Waals surface area contributed by atoms with Gasteiger partial charge < -0.3 is 9.73 Å². The van der Waals surface area contributed by atoms with E-state index in [1.54, 1.807) is 0 Å². The van der Waals surface area contributed by atoms with Gasteiger partial charge in [-0.05, 0) is 45.0 Å². The summed E-state index contributed by atoms with van der Waals surface area (Å²) >= 11 is 0. The molecule has 0 unspecified atom stereocenters. The zero-order chi connectivity index (χ0) is 12.1. The maximum Gasteiger partial charge on any atom is 0.118 e. The molecule has 1 aromatic heterocycles. The predicted molar refractivity (Wildman–Crippen MR) is 69.8 cm³/mol. The summed E-state index contributed by atoms with van der Waals surface area (Å²) < 4.78 is 5.82. The summed E-state index contributed by atoms with van der Waals surface area (Å²) in [6.45, 7) is 5.02. The van der Waals surface area contributed by atoms with Crippen LogP contribution in [0, 0.1) is 0 Å². The molecular formula is C14H24N2O. The highest BCUT2D eigenvalue weighted by atomic mass is 16.3. The summed E-state index contributed by atoms with van der Waals surface area (Å²) in [4.78, 5) is 2.41. The van der Waals surface area contributed by atoms with Crippen molar-refractivity contribution in [2.24, 2.45) is 0 Å². The molecule has 1 saturated carbocycles. The summed E-state index contributed by atoms with van der Waals surface area (Å²) in [6, 6.07) is 4.98. The number of furan rings is 1. The Hall–Kier alpha value is -0.800. The fraction of sp³-hybridized carbons (Fsp3) is 0.714. The minimum Gasteiger partial charge on any atom is -0.463 e. The number of hydrogen-bond acceptors (Lipinski definition) is 3. The molecule has 0 aromatic carbocycles. The van der Waals surface area contributed by atoms with Gasteiger partial charge in [0.1, 0.15) is 11.5 Å². The van der Waals surface area contributed by atoms with Crippen LogP contribution in [0.1, 0.15) is 44.1 Å². The minimum atomic E-state index is 0.779. The molecule has 17 heavy (non-hydrogen) atoms. The van der Waals surface area contributed by atoms with Gasteiger partial charge in [0.05, 0.1) is 13.1 Å². The molecule has 0 amide bonds. The average Bonchev–Trinajstić information content (AvgIpc) is 2.63. The van der Waals surface area contributed by atoms with Gasteiger partial charge in [-0.2, -0.15) is 0 Å². The molecule has 0 spiro atoms. The number of rotatable bonds is 7. The van der Waals surface area contributed by atoms with Gasteiger partial charge in [-0.1, -0.05) is 13.3 Å². The van der Waals surface area contributed by atoms with Crippen molar-refractivity contribution in [2.45, 2.75) is 51.7 Å². The monoisotopic (exact) mass is 236 g/mol. The van der Waals surface area contributed by atoms with Crippen LogP contribution in [0.2, 0.25) is 0 Å². The van der Waals surface area contributed by atoms with Crippen molar-refractivity contribution in [3.05, 3.63) is 23.7 Å². The SMILES string of the molecule is CCCNCc1ccc(CN(C)C2CCC2)o1. The Morgan fingerprint density at radius 3 is 2.76 bits per heavy atom. The van der Waals surface area contributed by atoms with Crippen LogP contribution in [-0.4, -0.2) is 24.5 Å². The molecule has 0 bridgehead atoms. The second kappa shape index (κ2) is 6.22. The van der Waals surface area contributed by atoms with E-state index in [1.165, 1.54) is 19.3 Å². The highest BCUT2D eigenvalue weighted by molar-refractivity contribution is 5.07. The van der Waals surface area contributed by atoms with Crippen LogP contribution in [-0.2, 0) is 13.1 Å². The Morgan fingerprint density at radius 2 is 2.12 bits per heavy atom. The van der Waals surface area contributed by atoms with Crippen LogP contribution in [0.15, 0.2) is 16.5 Å². The first-order chi connectivity index (χ1) is 8.29. The third kappa shape index (κ3) is 3.58. The molecule has 1 fully saturated rings. The number of nitrogens with zero attached hydrogens (tertiary/aromatic N) is 1. The molecule has 0 saturated heterocycles. The van der Waals surface area contributed by atoms with Gasteiger partial charge in [-0.25, -0.2) is 0 Å². The van der Waals surface area contributed by atoms with Gasteiger partial charge >= 0.3 is 0 Å². The molecule has 0 radical (unpaired) electrons. The zero-order valence-corrected chi connectivity index (χ0v) is 11.0. The molecule has 1 N–H and O–H groups in total. The molecule has 1 aliphatic rings. The van der Waals surface area contributed by atoms with Crippen molar-refractivity contribution in [3.8, 4) is 0 Å². The van der Waals surface area contributed by atoms with Crippen molar-refractivity contribution in [3.63, 3.8) is 0 Å². The second-order valence-electron chi connectivity index (χ2n) is 5.04. The molecule has 1 aliphatic carbocycles. The van der Waals surface area contributed by atoms with E-state index < -0.39 is 0 Å². The van der Waals surface area contributed by atoms with Crippen molar-refractivity contribution in [1.29, 1.82) is 0 Å². The quantitative estimate of drug-likeness (QED) is 0.738. The Bertz CT molecular complexity index is 331. The molecule has 0 aliphatic heterocycles. The van der Waals surface area contributed by atoms with E-state index in [0.29, 0.717) is 0 Å². The second-order valence-corrected chi connectivity index (χ2v) is 5.04. The first-order valence-corrected chi connectivity index (χ1v) is 6.78. The van der Waals surface area contributed by atoms with Gasteiger partial charge in [0.25, 0.3) is 0 Å². The van der Waals surface area contributed by atoms with Crippen LogP contribution >= 0.6 is 0 Å². The lowest BCUT2D eigenvalue weighted by molar-refractivity contribution is 0.142. The molecule has 2 rings (SSSR count). The van der Waals surface area contributed by atoms with E-state index in [9.17, 15) is 0 Å². The molecule has 3 nitrogen and oxygen atoms in total. The van der Waals surface area contributed by atoms with Gasteiger partial charge in [0, 0.05) is 6.04 Å². The Kier molecular flexibility index (Phi) is 4.63. The lowest BCUT2D eigenvalue weighted by atomic mass is 9.92. The maximum atomic E-state index is 5.82. The van der Waals surface area contributed by atoms with Gasteiger partial charge in [-0.15, -0.1) is 0 Å². The molecule has 96 valence electrons. The summed E-state index contributed by atoms with van der Waals surface area (Å²) in [6.07, 6.45) is 5.25. The average molecular weight is 236 g/mol. The Labute approximate surface area is 104 Å². The van der Waals surface area contributed by atoms with Crippen LogP contribution in [0.3, 0.4) is 0 Å². The van der Waals surface area contributed by atoms with Crippen LogP contribution in [0.5, 0.6) is 0 Å². The van der Waals surface area contributed by atoms with E-state index in [1.807, 2.05) is 0 Å². The van der Waals surface area contributed by atoms with E-state index in [2.05, 4.69) is 36.3 Å². The summed E-state index contributed by atoms with van der Waals surface area (Å²) in [5.74, 6) is 2.14. The highest BCUT2D eigenvalue weighted by Crippen LogP contribution is 2.25. The topological polar surface area (TPSA) is 28.4 Å². The van der Waals surface area contributed by atoms with E-state index in [0.717, 1.165) is 43.6 Å². The van der Waals surface area contributed by atoms with Crippen molar-refractivity contribution in [2.75, 3.05) is 13.6 Å². The van der Waals surface area contributed by atoms with Crippen LogP contribution < -0.4 is 5.32 Å². The Morgan fingerprint density at radius 1 is 1.35 bits per heavy atom. The number of hydrogen-bond donors (Lipinski definition) is 1. The van der Waals surface area contributed by atoms with E-state index in [-0.39, 0.29) is 0 Å². The molecule has 1 heterocycles. The fourth-order valence-corrected chi connectivity index (χ4v) is 2.19. The fourth-order valence-electron chi connectivity index (χ4n) is 2.19. The molecule has 0 atom stereocenters. The number of nitrogens with one attached hydrogen (secondary N) is 1. The van der Waals surface area contributed by atoms with E-state index in [4.69, 9.17) is 4.42 Å². The molecule has 3 heteroatoms. The van der Waals surface area contributed by atoms with Gasteiger partial charge in [0.15, 0.2) is 0 Å². The maximum absolute atomic E-state index is 5.82. The lowest BCUT2D eigenvalue weighted by Crippen LogP contribution is -2.36. The van der Waals surface area contributed by atoms with Crippen LogP contribution in [0.25, 0.3) is 0 Å². The van der Waals surface area contributed by atoms with Gasteiger partial charge in [0.2, 0.25) is 0 Å². The third-order valence-electron chi connectivity index (χ3n) is 3.55. The molecule has 1 aromatic rings. The minimum absolute atomic E-state index is 0.779. The largest absolute Gasteiger partial charge is 0.463 e. The standard InChI is InChI=1S/C14H24N2O/c1-3-9-15-10-13-7-8-14(17-13)11-16(2)12-5-4-6-12/h7-8,12,15H,3-6,9-11H2,1-2H3. The predicted octanol–water partition coefficient (Wildman–Crippen LogP) is 2.76. The summed E-state index contributed by atoms with van der Waals surface area (Å²) in [5, 5.41) is 3.36. The van der Waals surface area contributed by atoms with Crippen molar-refractivity contribution in [1.82, 2.24) is 10.2 Å². The first-order valence-electron chi connectivity index (χ1n) is 6.78. The Balaban J connectivity index is 1.76. The summed E-state index contributed by atoms with van der Waals surface area (Å²) in [7, 11) is 2.20. The van der Waals surface area contributed by atoms with Crippen molar-refractivity contribution >= 4 is 0 Å². The highest BCUT2D eigenvalue weighted by Gasteiger charge is 2.22. The third-order valence-corrected chi connectivity index (χ3v) is 3.55.